The van der Waals surface area contributed by atoms with E-state index in [1.165, 1.54) is 24.0 Å². The third-order valence-corrected chi connectivity index (χ3v) is 5.82. The van der Waals surface area contributed by atoms with E-state index in [0.29, 0.717) is 29.3 Å². The third-order valence-electron chi connectivity index (χ3n) is 5.82. The van der Waals surface area contributed by atoms with Crippen molar-refractivity contribution in [3.63, 3.8) is 0 Å². The minimum absolute atomic E-state index is 0.237. The Hall–Kier alpha value is -3.67. The average Bonchev–Trinajstić information content (AvgIpc) is 3.34. The van der Waals surface area contributed by atoms with Gasteiger partial charge in [0.2, 0.25) is 0 Å². The van der Waals surface area contributed by atoms with Gasteiger partial charge in [0.25, 0.3) is 5.91 Å². The molecule has 6 nitrogen and oxygen atoms in total. The summed E-state index contributed by atoms with van der Waals surface area (Å²) in [6, 6.07) is 15.5. The second kappa shape index (κ2) is 8.83. The van der Waals surface area contributed by atoms with Gasteiger partial charge in [-0.25, -0.2) is 0 Å². The number of carbonyl (C=O) groups excluding carboxylic acids is 1. The van der Waals surface area contributed by atoms with Gasteiger partial charge in [-0.1, -0.05) is 24.2 Å². The molecule has 2 heterocycles. The predicted octanol–water partition coefficient (Wildman–Crippen LogP) is 5.81. The Morgan fingerprint density at radius 3 is 2.84 bits per heavy atom. The minimum atomic E-state index is -0.328. The highest BCUT2D eigenvalue weighted by atomic mass is 16.5. The maximum Gasteiger partial charge on any atom is 0.277 e. The summed E-state index contributed by atoms with van der Waals surface area (Å²) in [5, 5.41) is 7.77. The monoisotopic (exact) mass is 427 g/mol. The van der Waals surface area contributed by atoms with Crippen molar-refractivity contribution in [2.24, 2.45) is 0 Å². The van der Waals surface area contributed by atoms with Crippen molar-refractivity contribution in [2.75, 3.05) is 11.9 Å². The lowest BCUT2D eigenvalue weighted by atomic mass is 9.90. The molecule has 0 radical (unpaired) electrons. The summed E-state index contributed by atoms with van der Waals surface area (Å²) in [5.41, 5.74) is 5.32. The number of hydrogen-bond acceptors (Lipinski definition) is 5. The number of aryl methyl sites for hydroxylation is 2. The van der Waals surface area contributed by atoms with Crippen LogP contribution in [0, 0.1) is 0 Å². The van der Waals surface area contributed by atoms with Gasteiger partial charge in [0.1, 0.15) is 11.3 Å². The van der Waals surface area contributed by atoms with E-state index in [4.69, 9.17) is 9.26 Å². The molecule has 6 heteroatoms. The molecule has 0 unspecified atom stereocenters. The number of nitrogens with one attached hydrogen (secondary N) is 1. The van der Waals surface area contributed by atoms with Gasteiger partial charge < -0.3 is 14.6 Å². The molecular weight excluding hydrogens is 402 g/mol. The summed E-state index contributed by atoms with van der Waals surface area (Å²) in [7, 11) is 0. The number of pyridine rings is 1. The lowest BCUT2D eigenvalue weighted by molar-refractivity contribution is 0.101. The summed E-state index contributed by atoms with van der Waals surface area (Å²) in [6.45, 7) is 2.67. The Balaban J connectivity index is 1.38. The minimum Gasteiger partial charge on any atom is -0.491 e. The number of carbonyl (C=O) groups is 1. The van der Waals surface area contributed by atoms with E-state index in [9.17, 15) is 4.79 Å². The predicted molar refractivity (Wildman–Crippen MR) is 124 cm³/mol. The average molecular weight is 428 g/mol. The molecule has 0 saturated heterocycles. The Kier molecular flexibility index (Phi) is 5.58. The summed E-state index contributed by atoms with van der Waals surface area (Å²) < 4.78 is 11.3. The van der Waals surface area contributed by atoms with Crippen molar-refractivity contribution in [1.82, 2.24) is 10.1 Å². The van der Waals surface area contributed by atoms with Crippen LogP contribution in [0.1, 0.15) is 47.8 Å². The van der Waals surface area contributed by atoms with E-state index in [1.807, 2.05) is 30.3 Å². The maximum absolute atomic E-state index is 12.9. The van der Waals surface area contributed by atoms with Gasteiger partial charge >= 0.3 is 0 Å². The second-order valence-corrected chi connectivity index (χ2v) is 8.08. The third kappa shape index (κ3) is 3.96. The first-order chi connectivity index (χ1) is 15.7. The zero-order chi connectivity index (χ0) is 21.9. The lowest BCUT2D eigenvalue weighted by Gasteiger charge is -2.15. The number of nitrogens with zero attached hydrogens (tertiary/aromatic N) is 2. The van der Waals surface area contributed by atoms with Crippen LogP contribution in [0.2, 0.25) is 0 Å². The normalized spacial score (nSPS) is 13.0. The van der Waals surface area contributed by atoms with Gasteiger partial charge in [-0.05, 0) is 73.6 Å². The van der Waals surface area contributed by atoms with Crippen LogP contribution in [-0.2, 0) is 12.8 Å². The molecule has 0 fully saturated rings. The van der Waals surface area contributed by atoms with Crippen LogP contribution in [0.15, 0.2) is 59.3 Å². The molecule has 1 aliphatic carbocycles. The Bertz CT molecular complexity index is 1280. The lowest BCUT2D eigenvalue weighted by Crippen LogP contribution is -2.12. The fourth-order valence-corrected chi connectivity index (χ4v) is 4.18. The summed E-state index contributed by atoms with van der Waals surface area (Å²) in [6.07, 6.45) is 7.30. The van der Waals surface area contributed by atoms with E-state index in [2.05, 4.69) is 34.5 Å². The zero-order valence-electron chi connectivity index (χ0n) is 18.1. The highest BCUT2D eigenvalue weighted by molar-refractivity contribution is 6.08. The van der Waals surface area contributed by atoms with Crippen LogP contribution in [0.25, 0.3) is 22.2 Å². The number of anilines is 1. The molecule has 0 saturated carbocycles. The van der Waals surface area contributed by atoms with Crippen molar-refractivity contribution < 1.29 is 14.1 Å². The first-order valence-corrected chi connectivity index (χ1v) is 11.1. The van der Waals surface area contributed by atoms with Gasteiger partial charge in [-0.2, -0.15) is 0 Å². The van der Waals surface area contributed by atoms with E-state index in [-0.39, 0.29) is 11.6 Å². The first kappa shape index (κ1) is 20.2. The highest BCUT2D eigenvalue weighted by Crippen LogP contribution is 2.31. The summed E-state index contributed by atoms with van der Waals surface area (Å²) in [5.74, 6) is 0.972. The van der Waals surface area contributed by atoms with E-state index >= 15 is 0 Å². The molecule has 1 aliphatic rings. The van der Waals surface area contributed by atoms with Crippen LogP contribution in [-0.4, -0.2) is 22.7 Å². The van der Waals surface area contributed by atoms with Crippen LogP contribution >= 0.6 is 0 Å². The van der Waals surface area contributed by atoms with Gasteiger partial charge in [0, 0.05) is 23.2 Å². The second-order valence-electron chi connectivity index (χ2n) is 8.08. The van der Waals surface area contributed by atoms with Crippen molar-refractivity contribution in [1.29, 1.82) is 0 Å². The molecule has 2 aromatic heterocycles. The summed E-state index contributed by atoms with van der Waals surface area (Å²) >= 11 is 0. The fraction of sp³-hybridized carbons (Fsp3) is 0.269. The molecule has 1 amide bonds. The molecule has 32 heavy (non-hydrogen) atoms. The molecule has 0 atom stereocenters. The SMILES string of the molecule is CCCOc1ccc(NC(=O)c2cc(-c3ccc4c(c3)CCCC4)on2)c2cccnc12. The van der Waals surface area contributed by atoms with Crippen molar-refractivity contribution in [3.8, 4) is 17.1 Å². The van der Waals surface area contributed by atoms with Gasteiger partial charge in [-0.3, -0.25) is 9.78 Å². The molecule has 4 aromatic rings. The standard InChI is InChI=1S/C26H25N3O3/c1-2-14-31-23-12-11-21(20-8-5-13-27-25(20)23)28-26(30)22-16-24(32-29-22)19-10-9-17-6-3-4-7-18(17)15-19/h5,8-13,15-16H,2-4,6-7,14H2,1H3,(H,28,30). The van der Waals surface area contributed by atoms with Gasteiger partial charge in [-0.15, -0.1) is 0 Å². The van der Waals surface area contributed by atoms with Crippen LogP contribution in [0.4, 0.5) is 5.69 Å². The fourth-order valence-electron chi connectivity index (χ4n) is 4.18. The number of rotatable bonds is 6. The van der Waals surface area contributed by atoms with Crippen molar-refractivity contribution in [3.05, 3.63) is 71.5 Å². The van der Waals surface area contributed by atoms with Crippen LogP contribution in [0.5, 0.6) is 5.75 Å². The quantitative estimate of drug-likeness (QED) is 0.420. The van der Waals surface area contributed by atoms with Crippen molar-refractivity contribution in [2.45, 2.75) is 39.0 Å². The van der Waals surface area contributed by atoms with Gasteiger partial charge in [0.15, 0.2) is 11.5 Å². The molecule has 1 N–H and O–H groups in total. The Morgan fingerprint density at radius 2 is 1.97 bits per heavy atom. The maximum atomic E-state index is 12.9. The van der Waals surface area contributed by atoms with Crippen LogP contribution < -0.4 is 10.1 Å². The number of ether oxygens (including phenoxy) is 1. The zero-order valence-corrected chi connectivity index (χ0v) is 18.1. The van der Waals surface area contributed by atoms with E-state index < -0.39 is 0 Å². The first-order valence-electron chi connectivity index (χ1n) is 11.1. The molecule has 2 aromatic carbocycles. The highest BCUT2D eigenvalue weighted by Gasteiger charge is 2.18. The van der Waals surface area contributed by atoms with Crippen LogP contribution in [0.3, 0.4) is 0 Å². The number of amides is 1. The Labute approximate surface area is 186 Å². The summed E-state index contributed by atoms with van der Waals surface area (Å²) in [4.78, 5) is 17.4. The molecule has 0 bridgehead atoms. The smallest absolute Gasteiger partial charge is 0.277 e. The van der Waals surface area contributed by atoms with E-state index in [0.717, 1.165) is 30.2 Å². The molecule has 0 spiro atoms. The molecule has 5 rings (SSSR count). The molecular formula is C26H25N3O3. The topological polar surface area (TPSA) is 77.2 Å². The number of aromatic nitrogens is 2. The van der Waals surface area contributed by atoms with E-state index in [1.54, 1.807) is 12.3 Å². The molecule has 162 valence electrons. The molecule has 0 aliphatic heterocycles. The van der Waals surface area contributed by atoms with Crippen molar-refractivity contribution >= 4 is 22.5 Å². The largest absolute Gasteiger partial charge is 0.491 e. The Morgan fingerprint density at radius 1 is 1.09 bits per heavy atom. The number of fused-ring (bicyclic) bond motifs is 2. The number of hydrogen-bond donors (Lipinski definition) is 1. The van der Waals surface area contributed by atoms with Gasteiger partial charge in [0.05, 0.1) is 12.3 Å². The number of benzene rings is 2.